The topological polar surface area (TPSA) is 29.1 Å². The Morgan fingerprint density at radius 2 is 2.25 bits per heavy atom. The fraction of sp³-hybridized carbons (Fsp3) is 0.222. The Bertz CT molecular complexity index is 262. The van der Waals surface area contributed by atoms with Crippen LogP contribution in [-0.4, -0.2) is 12.7 Å². The molecule has 12 heavy (non-hydrogen) atoms. The van der Waals surface area contributed by atoms with E-state index in [0.717, 1.165) is 12.0 Å². The van der Waals surface area contributed by atoms with Crippen LogP contribution >= 0.6 is 11.8 Å². The molecule has 0 saturated heterocycles. The second-order valence-corrected chi connectivity index (χ2v) is 3.16. The van der Waals surface area contributed by atoms with Gasteiger partial charge in [0.25, 0.3) is 0 Å². The molecule has 1 amide bonds. The molecule has 0 spiro atoms. The van der Waals surface area contributed by atoms with Gasteiger partial charge in [0.15, 0.2) is 0 Å². The van der Waals surface area contributed by atoms with E-state index in [0.29, 0.717) is 6.54 Å². The number of carbonyl (C=O) groups is 1. The third-order valence-corrected chi connectivity index (χ3v) is 2.41. The van der Waals surface area contributed by atoms with Crippen molar-refractivity contribution < 1.29 is 4.79 Å². The van der Waals surface area contributed by atoms with Crippen molar-refractivity contribution in [3.63, 3.8) is 0 Å². The van der Waals surface area contributed by atoms with Gasteiger partial charge in [-0.2, -0.15) is 0 Å². The smallest absolute Gasteiger partial charge is 0.207 e. The second-order valence-electron chi connectivity index (χ2n) is 2.31. The lowest BCUT2D eigenvalue weighted by Gasteiger charge is -2.04. The molecule has 3 heteroatoms. The second kappa shape index (κ2) is 4.83. The molecule has 2 nitrogen and oxygen atoms in total. The molecule has 1 rings (SSSR count). The monoisotopic (exact) mass is 181 g/mol. The van der Waals surface area contributed by atoms with E-state index < -0.39 is 0 Å². The number of amides is 1. The number of thioether (sulfide) groups is 1. The Balaban J connectivity index is 2.74. The highest BCUT2D eigenvalue weighted by atomic mass is 32.2. The van der Waals surface area contributed by atoms with Gasteiger partial charge in [0.05, 0.1) is 0 Å². The molecule has 0 bridgehead atoms. The van der Waals surface area contributed by atoms with Crippen LogP contribution in [0.25, 0.3) is 0 Å². The van der Waals surface area contributed by atoms with Gasteiger partial charge >= 0.3 is 0 Å². The molecule has 64 valence electrons. The van der Waals surface area contributed by atoms with E-state index in [1.807, 2.05) is 30.5 Å². The summed E-state index contributed by atoms with van der Waals surface area (Å²) in [4.78, 5) is 11.3. The van der Waals surface area contributed by atoms with Crippen LogP contribution in [0.5, 0.6) is 0 Å². The highest BCUT2D eigenvalue weighted by Gasteiger charge is 1.97. The van der Waals surface area contributed by atoms with Gasteiger partial charge < -0.3 is 5.32 Å². The van der Waals surface area contributed by atoms with Crippen LogP contribution in [0.3, 0.4) is 0 Å². The molecular weight excluding hydrogens is 170 g/mol. The fourth-order valence-corrected chi connectivity index (χ4v) is 1.62. The molecule has 0 saturated carbocycles. The summed E-state index contributed by atoms with van der Waals surface area (Å²) >= 11 is 1.69. The van der Waals surface area contributed by atoms with Gasteiger partial charge in [-0.15, -0.1) is 11.8 Å². The summed E-state index contributed by atoms with van der Waals surface area (Å²) in [5.41, 5.74) is 1.16. The third-order valence-electron chi connectivity index (χ3n) is 1.57. The first-order valence-electron chi connectivity index (χ1n) is 3.67. The SMILES string of the molecule is CSc1ccccc1CNC=O. The summed E-state index contributed by atoms with van der Waals surface area (Å²) in [6.07, 6.45) is 2.75. The van der Waals surface area contributed by atoms with Crippen LogP contribution in [0.4, 0.5) is 0 Å². The van der Waals surface area contributed by atoms with Gasteiger partial charge in [-0.3, -0.25) is 4.79 Å². The van der Waals surface area contributed by atoms with E-state index in [9.17, 15) is 4.79 Å². The van der Waals surface area contributed by atoms with Gasteiger partial charge in [-0.25, -0.2) is 0 Å². The Morgan fingerprint density at radius 3 is 2.92 bits per heavy atom. The minimum atomic E-state index is 0.612. The minimum absolute atomic E-state index is 0.612. The predicted molar refractivity (Wildman–Crippen MR) is 51.1 cm³/mol. The molecule has 0 radical (unpaired) electrons. The van der Waals surface area contributed by atoms with Crippen LogP contribution in [0.15, 0.2) is 29.2 Å². The number of rotatable bonds is 4. The van der Waals surface area contributed by atoms with Crippen LogP contribution in [0.2, 0.25) is 0 Å². The fourth-order valence-electron chi connectivity index (χ4n) is 1.00. The van der Waals surface area contributed by atoms with Gasteiger partial charge in [0.1, 0.15) is 0 Å². The summed E-state index contributed by atoms with van der Waals surface area (Å²) in [7, 11) is 0. The van der Waals surface area contributed by atoms with Crippen molar-refractivity contribution >= 4 is 18.2 Å². The van der Waals surface area contributed by atoms with E-state index in [4.69, 9.17) is 0 Å². The largest absolute Gasteiger partial charge is 0.355 e. The summed E-state index contributed by atoms with van der Waals surface area (Å²) in [6.45, 7) is 0.612. The molecule has 0 aromatic heterocycles. The lowest BCUT2D eigenvalue weighted by molar-refractivity contribution is -0.109. The van der Waals surface area contributed by atoms with Gasteiger partial charge in [0.2, 0.25) is 6.41 Å². The molecule has 0 aliphatic rings. The third kappa shape index (κ3) is 2.27. The molecule has 0 unspecified atom stereocenters. The summed E-state index contributed by atoms with van der Waals surface area (Å²) in [5.74, 6) is 0. The Hall–Kier alpha value is -0.960. The molecule has 1 aromatic carbocycles. The zero-order chi connectivity index (χ0) is 8.81. The molecule has 0 aliphatic heterocycles. The maximum atomic E-state index is 10.1. The normalized spacial score (nSPS) is 9.42. The maximum absolute atomic E-state index is 10.1. The van der Waals surface area contributed by atoms with Crippen LogP contribution in [-0.2, 0) is 11.3 Å². The summed E-state index contributed by atoms with van der Waals surface area (Å²) in [5, 5.41) is 2.65. The van der Waals surface area contributed by atoms with Gasteiger partial charge in [-0.1, -0.05) is 18.2 Å². The van der Waals surface area contributed by atoms with Gasteiger partial charge in [0, 0.05) is 11.4 Å². The molecule has 1 aromatic rings. The number of hydrogen-bond donors (Lipinski definition) is 1. The molecule has 0 heterocycles. The predicted octanol–water partition coefficient (Wildman–Crippen LogP) is 1.65. The molecule has 1 N–H and O–H groups in total. The van der Waals surface area contributed by atoms with E-state index >= 15 is 0 Å². The van der Waals surface area contributed by atoms with E-state index in [-0.39, 0.29) is 0 Å². The van der Waals surface area contributed by atoms with Crippen molar-refractivity contribution in [1.29, 1.82) is 0 Å². The first-order chi connectivity index (χ1) is 5.88. The summed E-state index contributed by atoms with van der Waals surface area (Å²) < 4.78 is 0. The average molecular weight is 181 g/mol. The molecular formula is C9H11NOS. The van der Waals surface area contributed by atoms with Crippen LogP contribution in [0, 0.1) is 0 Å². The molecule has 0 aliphatic carbocycles. The van der Waals surface area contributed by atoms with E-state index in [2.05, 4.69) is 5.32 Å². The molecule has 0 fully saturated rings. The van der Waals surface area contributed by atoms with Crippen molar-refractivity contribution in [2.45, 2.75) is 11.4 Å². The van der Waals surface area contributed by atoms with Crippen LogP contribution < -0.4 is 5.32 Å². The van der Waals surface area contributed by atoms with E-state index in [1.54, 1.807) is 11.8 Å². The number of carbonyl (C=O) groups excluding carboxylic acids is 1. The zero-order valence-corrected chi connectivity index (χ0v) is 7.73. The number of hydrogen-bond acceptors (Lipinski definition) is 2. The standard InChI is InChI=1S/C9H11NOS/c1-12-9-5-3-2-4-8(9)6-10-7-11/h2-5,7H,6H2,1H3,(H,10,11). The Morgan fingerprint density at radius 1 is 1.50 bits per heavy atom. The highest BCUT2D eigenvalue weighted by Crippen LogP contribution is 2.19. The lowest BCUT2D eigenvalue weighted by Crippen LogP contribution is -2.10. The van der Waals surface area contributed by atoms with Crippen molar-refractivity contribution in [1.82, 2.24) is 5.32 Å². The van der Waals surface area contributed by atoms with E-state index in [1.165, 1.54) is 4.90 Å². The summed E-state index contributed by atoms with van der Waals surface area (Å²) in [6, 6.07) is 8.03. The van der Waals surface area contributed by atoms with Gasteiger partial charge in [-0.05, 0) is 17.9 Å². The zero-order valence-electron chi connectivity index (χ0n) is 6.91. The highest BCUT2D eigenvalue weighted by molar-refractivity contribution is 7.98. The first kappa shape index (κ1) is 9.13. The van der Waals surface area contributed by atoms with Crippen molar-refractivity contribution in [3.8, 4) is 0 Å². The van der Waals surface area contributed by atoms with Crippen molar-refractivity contribution in [2.24, 2.45) is 0 Å². The number of benzene rings is 1. The molecule has 0 atom stereocenters. The number of nitrogens with one attached hydrogen (secondary N) is 1. The van der Waals surface area contributed by atoms with Crippen molar-refractivity contribution in [2.75, 3.05) is 6.26 Å². The minimum Gasteiger partial charge on any atom is -0.355 e. The maximum Gasteiger partial charge on any atom is 0.207 e. The first-order valence-corrected chi connectivity index (χ1v) is 4.90. The average Bonchev–Trinajstić information content (AvgIpc) is 2.15. The van der Waals surface area contributed by atoms with Crippen molar-refractivity contribution in [3.05, 3.63) is 29.8 Å². The van der Waals surface area contributed by atoms with Crippen LogP contribution in [0.1, 0.15) is 5.56 Å². The quantitative estimate of drug-likeness (QED) is 0.565. The Labute approximate surface area is 76.4 Å². The Kier molecular flexibility index (Phi) is 3.67. The lowest BCUT2D eigenvalue weighted by atomic mass is 10.2.